The minimum absolute atomic E-state index is 0.0888. The quantitative estimate of drug-likeness (QED) is 0.685. The molecule has 0 aromatic heterocycles. The molecular weight excluding hydrogens is 189 g/mol. The zero-order chi connectivity index (χ0) is 10.5. The largest absolute Gasteiger partial charge is 0.316 e. The zero-order valence-corrected chi connectivity index (χ0v) is 9.02. The third-order valence-electron chi connectivity index (χ3n) is 4.27. The van der Waals surface area contributed by atoms with E-state index >= 15 is 0 Å². The molecule has 1 heterocycles. The SMILES string of the molecule is CC1Cc2ccc(F)cc2C12CCNC2. The van der Waals surface area contributed by atoms with Crippen molar-refractivity contribution >= 4 is 0 Å². The second-order valence-electron chi connectivity index (χ2n) is 4.99. The van der Waals surface area contributed by atoms with Gasteiger partial charge in [0.15, 0.2) is 0 Å². The summed E-state index contributed by atoms with van der Waals surface area (Å²) in [6.45, 7) is 4.38. The summed E-state index contributed by atoms with van der Waals surface area (Å²) in [4.78, 5) is 0. The van der Waals surface area contributed by atoms with Gasteiger partial charge in [-0.05, 0) is 48.6 Å². The monoisotopic (exact) mass is 205 g/mol. The third-order valence-corrected chi connectivity index (χ3v) is 4.27. The first-order valence-corrected chi connectivity index (χ1v) is 5.72. The highest BCUT2D eigenvalue weighted by Crippen LogP contribution is 2.47. The van der Waals surface area contributed by atoms with Gasteiger partial charge in [0, 0.05) is 12.0 Å². The number of nitrogens with one attached hydrogen (secondary N) is 1. The Bertz CT molecular complexity index is 394. The van der Waals surface area contributed by atoms with Crippen LogP contribution in [0.3, 0.4) is 0 Å². The first-order valence-electron chi connectivity index (χ1n) is 5.72. The van der Waals surface area contributed by atoms with Crippen molar-refractivity contribution < 1.29 is 4.39 Å². The molecule has 1 aromatic carbocycles. The summed E-state index contributed by atoms with van der Waals surface area (Å²) < 4.78 is 13.3. The van der Waals surface area contributed by atoms with Gasteiger partial charge in [-0.3, -0.25) is 0 Å². The molecule has 0 bridgehead atoms. The van der Waals surface area contributed by atoms with E-state index in [9.17, 15) is 4.39 Å². The summed E-state index contributed by atoms with van der Waals surface area (Å²) in [5.41, 5.74) is 2.84. The number of rotatable bonds is 0. The molecule has 0 radical (unpaired) electrons. The van der Waals surface area contributed by atoms with Gasteiger partial charge >= 0.3 is 0 Å². The molecule has 80 valence electrons. The lowest BCUT2D eigenvalue weighted by Crippen LogP contribution is -2.32. The lowest BCUT2D eigenvalue weighted by Gasteiger charge is -2.29. The van der Waals surface area contributed by atoms with Crippen LogP contribution in [0.2, 0.25) is 0 Å². The standard InChI is InChI=1S/C13H16FN/c1-9-6-10-2-3-11(14)7-12(10)13(9)4-5-15-8-13/h2-3,7,9,15H,4-6,8H2,1H3. The van der Waals surface area contributed by atoms with E-state index < -0.39 is 0 Å². The molecular formula is C13H16FN. The van der Waals surface area contributed by atoms with E-state index in [0.29, 0.717) is 5.92 Å². The molecule has 1 aliphatic heterocycles. The van der Waals surface area contributed by atoms with E-state index in [1.807, 2.05) is 6.07 Å². The molecule has 1 saturated heterocycles. The van der Waals surface area contributed by atoms with Gasteiger partial charge in [0.05, 0.1) is 0 Å². The Labute approximate surface area is 89.7 Å². The summed E-state index contributed by atoms with van der Waals surface area (Å²) >= 11 is 0. The Hall–Kier alpha value is -0.890. The van der Waals surface area contributed by atoms with Crippen molar-refractivity contribution in [1.29, 1.82) is 0 Å². The number of halogens is 1. The highest BCUT2D eigenvalue weighted by molar-refractivity contribution is 5.42. The predicted octanol–water partition coefficient (Wildman–Crippen LogP) is 2.25. The van der Waals surface area contributed by atoms with Gasteiger partial charge in [-0.15, -0.1) is 0 Å². The van der Waals surface area contributed by atoms with E-state index in [0.717, 1.165) is 25.9 Å². The Morgan fingerprint density at radius 3 is 3.07 bits per heavy atom. The fourth-order valence-corrected chi connectivity index (χ4v) is 3.34. The van der Waals surface area contributed by atoms with Crippen LogP contribution in [-0.4, -0.2) is 13.1 Å². The maximum absolute atomic E-state index is 13.3. The molecule has 1 aliphatic carbocycles. The van der Waals surface area contributed by atoms with Gasteiger partial charge in [-0.2, -0.15) is 0 Å². The maximum Gasteiger partial charge on any atom is 0.123 e. The third kappa shape index (κ3) is 1.18. The Morgan fingerprint density at radius 1 is 1.47 bits per heavy atom. The Morgan fingerprint density at radius 2 is 2.33 bits per heavy atom. The molecule has 2 unspecified atom stereocenters. The molecule has 3 rings (SSSR count). The summed E-state index contributed by atoms with van der Waals surface area (Å²) in [6, 6.07) is 5.31. The van der Waals surface area contributed by atoms with Crippen LogP contribution in [0.4, 0.5) is 4.39 Å². The molecule has 2 aliphatic rings. The molecule has 0 amide bonds. The number of fused-ring (bicyclic) bond motifs is 2. The van der Waals surface area contributed by atoms with Crippen LogP contribution in [-0.2, 0) is 11.8 Å². The minimum Gasteiger partial charge on any atom is -0.316 e. The highest BCUT2D eigenvalue weighted by Gasteiger charge is 2.46. The maximum atomic E-state index is 13.3. The molecule has 15 heavy (non-hydrogen) atoms. The van der Waals surface area contributed by atoms with Gasteiger partial charge in [0.1, 0.15) is 5.82 Å². The van der Waals surface area contributed by atoms with Crippen LogP contribution in [0.15, 0.2) is 18.2 Å². The van der Waals surface area contributed by atoms with E-state index in [4.69, 9.17) is 0 Å². The highest BCUT2D eigenvalue weighted by atomic mass is 19.1. The first kappa shape index (κ1) is 9.34. The number of hydrogen-bond acceptors (Lipinski definition) is 1. The van der Waals surface area contributed by atoms with Gasteiger partial charge < -0.3 is 5.32 Å². The molecule has 1 aromatic rings. The molecule has 2 heteroatoms. The Balaban J connectivity index is 2.15. The van der Waals surface area contributed by atoms with Crippen LogP contribution in [0.5, 0.6) is 0 Å². The van der Waals surface area contributed by atoms with Crippen molar-refractivity contribution in [3.05, 3.63) is 35.1 Å². The normalized spacial score (nSPS) is 33.6. The van der Waals surface area contributed by atoms with E-state index in [-0.39, 0.29) is 11.2 Å². The van der Waals surface area contributed by atoms with E-state index in [1.165, 1.54) is 11.1 Å². The minimum atomic E-state index is -0.0888. The molecule has 1 fully saturated rings. The van der Waals surface area contributed by atoms with Gasteiger partial charge in [0.2, 0.25) is 0 Å². The van der Waals surface area contributed by atoms with Crippen LogP contribution >= 0.6 is 0 Å². The molecule has 1 N–H and O–H groups in total. The second kappa shape index (κ2) is 3.05. The zero-order valence-electron chi connectivity index (χ0n) is 9.02. The van der Waals surface area contributed by atoms with Crippen LogP contribution in [0.25, 0.3) is 0 Å². The van der Waals surface area contributed by atoms with Gasteiger partial charge in [-0.1, -0.05) is 13.0 Å². The van der Waals surface area contributed by atoms with Crippen molar-refractivity contribution in [3.63, 3.8) is 0 Å². The number of hydrogen-bond donors (Lipinski definition) is 1. The molecule has 2 atom stereocenters. The van der Waals surface area contributed by atoms with Crippen molar-refractivity contribution in [1.82, 2.24) is 5.32 Å². The van der Waals surface area contributed by atoms with E-state index in [1.54, 1.807) is 12.1 Å². The van der Waals surface area contributed by atoms with Crippen LogP contribution in [0, 0.1) is 11.7 Å². The number of benzene rings is 1. The van der Waals surface area contributed by atoms with Crippen molar-refractivity contribution in [2.24, 2.45) is 5.92 Å². The lowest BCUT2D eigenvalue weighted by molar-refractivity contribution is 0.343. The van der Waals surface area contributed by atoms with Crippen molar-refractivity contribution in [2.75, 3.05) is 13.1 Å². The lowest BCUT2D eigenvalue weighted by atomic mass is 9.75. The van der Waals surface area contributed by atoms with E-state index in [2.05, 4.69) is 12.2 Å². The average molecular weight is 205 g/mol. The Kier molecular flexibility index (Phi) is 1.90. The van der Waals surface area contributed by atoms with Crippen LogP contribution < -0.4 is 5.32 Å². The second-order valence-corrected chi connectivity index (χ2v) is 4.99. The molecule has 0 saturated carbocycles. The van der Waals surface area contributed by atoms with Crippen molar-refractivity contribution in [2.45, 2.75) is 25.2 Å². The fourth-order valence-electron chi connectivity index (χ4n) is 3.34. The summed E-state index contributed by atoms with van der Waals surface area (Å²) in [5.74, 6) is 0.554. The van der Waals surface area contributed by atoms with Gasteiger partial charge in [-0.25, -0.2) is 4.39 Å². The molecule has 1 spiro atoms. The average Bonchev–Trinajstić information content (AvgIpc) is 2.78. The predicted molar refractivity (Wildman–Crippen MR) is 58.4 cm³/mol. The van der Waals surface area contributed by atoms with Crippen molar-refractivity contribution in [3.8, 4) is 0 Å². The summed E-state index contributed by atoms with van der Waals surface area (Å²) in [7, 11) is 0. The first-order chi connectivity index (χ1) is 7.22. The van der Waals surface area contributed by atoms with Gasteiger partial charge in [0.25, 0.3) is 0 Å². The fraction of sp³-hybridized carbons (Fsp3) is 0.538. The summed E-state index contributed by atoms with van der Waals surface area (Å²) in [5, 5.41) is 3.42. The van der Waals surface area contributed by atoms with Crippen LogP contribution in [0.1, 0.15) is 24.5 Å². The topological polar surface area (TPSA) is 12.0 Å². The smallest absolute Gasteiger partial charge is 0.123 e. The summed E-state index contributed by atoms with van der Waals surface area (Å²) in [6.07, 6.45) is 2.27. The molecule has 1 nitrogen and oxygen atoms in total.